The van der Waals surface area contributed by atoms with Crippen LogP contribution in [0.25, 0.3) is 44.3 Å². The first-order chi connectivity index (χ1) is 16.7. The summed E-state index contributed by atoms with van der Waals surface area (Å²) in [5.74, 6) is 0.132. The van der Waals surface area contributed by atoms with Crippen molar-refractivity contribution in [3.8, 4) is 22.4 Å². The molecule has 3 aromatic carbocycles. The lowest BCUT2D eigenvalue weighted by atomic mass is 9.95. The van der Waals surface area contributed by atoms with Crippen molar-refractivity contribution in [1.29, 1.82) is 0 Å². The summed E-state index contributed by atoms with van der Waals surface area (Å²) in [7, 11) is 0. The monoisotopic (exact) mass is 440 g/mol. The fraction of sp³-hybridized carbons (Fsp3) is 0.0968. The Kier molecular flexibility index (Phi) is 4.96. The van der Waals surface area contributed by atoms with E-state index >= 15 is 0 Å². The van der Waals surface area contributed by atoms with Gasteiger partial charge in [0.25, 0.3) is 0 Å². The van der Waals surface area contributed by atoms with E-state index in [0.717, 1.165) is 50.1 Å². The molecule has 3 heterocycles. The Bertz CT molecular complexity index is 1620. The number of aromatic nitrogens is 2. The maximum absolute atomic E-state index is 6.38. The predicted octanol–water partition coefficient (Wildman–Crippen LogP) is 8.17. The molecule has 164 valence electrons. The molecule has 3 heteroatoms. The van der Waals surface area contributed by atoms with E-state index in [4.69, 9.17) is 9.40 Å². The van der Waals surface area contributed by atoms with Gasteiger partial charge in [0.15, 0.2) is 5.58 Å². The topological polar surface area (TPSA) is 38.9 Å². The van der Waals surface area contributed by atoms with E-state index in [1.54, 1.807) is 0 Å². The maximum Gasteiger partial charge on any atom is 0.157 e. The van der Waals surface area contributed by atoms with E-state index in [0.29, 0.717) is 0 Å². The van der Waals surface area contributed by atoms with Crippen molar-refractivity contribution >= 4 is 21.9 Å². The number of benzene rings is 3. The quantitative estimate of drug-likeness (QED) is 0.277. The zero-order valence-corrected chi connectivity index (χ0v) is 19.2. The van der Waals surface area contributed by atoms with Crippen LogP contribution >= 0.6 is 0 Å². The molecule has 3 nitrogen and oxygen atoms in total. The SMILES string of the molecule is Cc1cc2c(oc3ccc(-c4cc(-c5ccccc5)ccn4)cc32)c(C(C)c2ccccc2)n1. The summed E-state index contributed by atoms with van der Waals surface area (Å²) in [6.07, 6.45) is 1.88. The van der Waals surface area contributed by atoms with Crippen molar-refractivity contribution in [2.75, 3.05) is 0 Å². The second-order valence-electron chi connectivity index (χ2n) is 8.77. The number of rotatable bonds is 4. The van der Waals surface area contributed by atoms with Crippen LogP contribution in [0.3, 0.4) is 0 Å². The second kappa shape index (κ2) is 8.27. The number of hydrogen-bond donors (Lipinski definition) is 0. The first-order valence-corrected chi connectivity index (χ1v) is 11.6. The third-order valence-electron chi connectivity index (χ3n) is 6.48. The molecule has 0 radical (unpaired) electrons. The van der Waals surface area contributed by atoms with Gasteiger partial charge in [-0.25, -0.2) is 0 Å². The zero-order chi connectivity index (χ0) is 23.1. The van der Waals surface area contributed by atoms with Crippen molar-refractivity contribution < 1.29 is 4.42 Å². The fourth-order valence-corrected chi connectivity index (χ4v) is 4.68. The lowest BCUT2D eigenvalue weighted by Crippen LogP contribution is -2.01. The summed E-state index contributed by atoms with van der Waals surface area (Å²) in [5, 5.41) is 2.19. The summed E-state index contributed by atoms with van der Waals surface area (Å²) in [6, 6.07) is 33.5. The Morgan fingerprint density at radius 1 is 0.706 bits per heavy atom. The molecule has 6 aromatic rings. The first kappa shape index (κ1) is 20.4. The third kappa shape index (κ3) is 3.56. The molecule has 0 aliphatic heterocycles. The Morgan fingerprint density at radius 2 is 1.47 bits per heavy atom. The smallest absolute Gasteiger partial charge is 0.157 e. The highest BCUT2D eigenvalue weighted by Crippen LogP contribution is 2.37. The van der Waals surface area contributed by atoms with Crippen LogP contribution in [-0.2, 0) is 0 Å². The second-order valence-corrected chi connectivity index (χ2v) is 8.77. The zero-order valence-electron chi connectivity index (χ0n) is 19.2. The minimum atomic E-state index is 0.132. The Labute approximate surface area is 198 Å². The molecule has 0 aliphatic rings. The maximum atomic E-state index is 6.38. The van der Waals surface area contributed by atoms with Gasteiger partial charge in [-0.3, -0.25) is 9.97 Å². The Morgan fingerprint density at radius 3 is 2.26 bits per heavy atom. The highest BCUT2D eigenvalue weighted by atomic mass is 16.3. The minimum absolute atomic E-state index is 0.132. The standard InChI is InChI=1S/C31H24N2O/c1-20-17-27-26-18-25(28-19-24(15-16-32-28)23-11-7-4-8-12-23)13-14-29(26)34-31(27)30(33-20)21(2)22-9-5-3-6-10-22/h3-19,21H,1-2H3. The van der Waals surface area contributed by atoms with Crippen LogP contribution in [0.15, 0.2) is 108 Å². The molecule has 0 N–H and O–H groups in total. The van der Waals surface area contributed by atoms with Crippen molar-refractivity contribution in [3.63, 3.8) is 0 Å². The number of aryl methyl sites for hydroxylation is 1. The molecule has 0 amide bonds. The summed E-state index contributed by atoms with van der Waals surface area (Å²) in [5.41, 5.74) is 9.27. The number of fused-ring (bicyclic) bond motifs is 3. The van der Waals surface area contributed by atoms with Crippen LogP contribution in [0.5, 0.6) is 0 Å². The van der Waals surface area contributed by atoms with Gasteiger partial charge < -0.3 is 4.42 Å². The average molecular weight is 441 g/mol. The van der Waals surface area contributed by atoms with Crippen molar-refractivity contribution in [3.05, 3.63) is 120 Å². The summed E-state index contributed by atoms with van der Waals surface area (Å²) in [6.45, 7) is 4.24. The van der Waals surface area contributed by atoms with Crippen molar-refractivity contribution in [2.24, 2.45) is 0 Å². The van der Waals surface area contributed by atoms with Gasteiger partial charge in [-0.05, 0) is 60.0 Å². The Hall–Kier alpha value is -4.24. The van der Waals surface area contributed by atoms with Gasteiger partial charge in [0.1, 0.15) is 5.58 Å². The highest BCUT2D eigenvalue weighted by Gasteiger charge is 2.19. The molecule has 0 fully saturated rings. The summed E-state index contributed by atoms with van der Waals surface area (Å²) in [4.78, 5) is 9.56. The lowest BCUT2D eigenvalue weighted by Gasteiger charge is -2.12. The van der Waals surface area contributed by atoms with Crippen LogP contribution in [0, 0.1) is 6.92 Å². The molecule has 34 heavy (non-hydrogen) atoms. The predicted molar refractivity (Wildman–Crippen MR) is 139 cm³/mol. The minimum Gasteiger partial charge on any atom is -0.454 e. The van der Waals surface area contributed by atoms with E-state index in [2.05, 4.69) is 90.8 Å². The van der Waals surface area contributed by atoms with Crippen LogP contribution in [0.4, 0.5) is 0 Å². The van der Waals surface area contributed by atoms with Crippen molar-refractivity contribution in [1.82, 2.24) is 9.97 Å². The Balaban J connectivity index is 1.49. The third-order valence-corrected chi connectivity index (χ3v) is 6.48. The average Bonchev–Trinajstić information content (AvgIpc) is 3.26. The van der Waals surface area contributed by atoms with Crippen LogP contribution < -0.4 is 0 Å². The van der Waals surface area contributed by atoms with Gasteiger partial charge in [0.2, 0.25) is 0 Å². The molecular formula is C31H24N2O. The van der Waals surface area contributed by atoms with Crippen LogP contribution in [0.2, 0.25) is 0 Å². The summed E-state index contributed by atoms with van der Waals surface area (Å²) >= 11 is 0. The van der Waals surface area contributed by atoms with Gasteiger partial charge in [0.05, 0.1) is 11.4 Å². The van der Waals surface area contributed by atoms with Gasteiger partial charge in [-0.1, -0.05) is 67.6 Å². The molecule has 0 saturated carbocycles. The first-order valence-electron chi connectivity index (χ1n) is 11.6. The van der Waals surface area contributed by atoms with Crippen LogP contribution in [-0.4, -0.2) is 9.97 Å². The van der Waals surface area contributed by atoms with Gasteiger partial charge in [0, 0.05) is 34.1 Å². The normalized spacial score (nSPS) is 12.3. The van der Waals surface area contributed by atoms with Crippen LogP contribution in [0.1, 0.15) is 29.8 Å². The number of nitrogens with zero attached hydrogens (tertiary/aromatic N) is 2. The van der Waals surface area contributed by atoms with E-state index in [9.17, 15) is 0 Å². The molecule has 0 spiro atoms. The highest BCUT2D eigenvalue weighted by molar-refractivity contribution is 6.07. The van der Waals surface area contributed by atoms with Crippen molar-refractivity contribution in [2.45, 2.75) is 19.8 Å². The molecule has 0 saturated heterocycles. The van der Waals surface area contributed by atoms with Gasteiger partial charge in [-0.2, -0.15) is 0 Å². The fourth-order valence-electron chi connectivity index (χ4n) is 4.68. The molecule has 1 atom stereocenters. The van der Waals surface area contributed by atoms with E-state index in [1.165, 1.54) is 11.1 Å². The van der Waals surface area contributed by atoms with Gasteiger partial charge in [-0.15, -0.1) is 0 Å². The molecule has 1 unspecified atom stereocenters. The lowest BCUT2D eigenvalue weighted by molar-refractivity contribution is 0.653. The largest absolute Gasteiger partial charge is 0.454 e. The molecule has 6 rings (SSSR count). The van der Waals surface area contributed by atoms with E-state index in [1.807, 2.05) is 31.3 Å². The number of furan rings is 1. The molecule has 0 bridgehead atoms. The van der Waals surface area contributed by atoms with Gasteiger partial charge >= 0.3 is 0 Å². The molecule has 3 aromatic heterocycles. The molecular weight excluding hydrogens is 416 g/mol. The van der Waals surface area contributed by atoms with E-state index in [-0.39, 0.29) is 5.92 Å². The molecule has 0 aliphatic carbocycles. The summed E-state index contributed by atoms with van der Waals surface area (Å²) < 4.78 is 6.38. The number of pyridine rings is 2. The van der Waals surface area contributed by atoms with E-state index < -0.39 is 0 Å². The number of hydrogen-bond acceptors (Lipinski definition) is 3.